The van der Waals surface area contributed by atoms with Gasteiger partial charge in [0.25, 0.3) is 0 Å². The highest BCUT2D eigenvalue weighted by molar-refractivity contribution is 9.10. The Balaban J connectivity index is 2.32. The molecular formula is C9H5BrCl2S2. The van der Waals surface area contributed by atoms with Crippen LogP contribution in [0.25, 0.3) is 0 Å². The van der Waals surface area contributed by atoms with E-state index in [0.29, 0.717) is 0 Å². The van der Waals surface area contributed by atoms with Crippen molar-refractivity contribution in [2.75, 3.05) is 0 Å². The number of thiophene rings is 2. The molecule has 0 aliphatic carbocycles. The fourth-order valence-electron chi connectivity index (χ4n) is 1.07. The van der Waals surface area contributed by atoms with Crippen molar-refractivity contribution in [2.45, 2.75) is 5.38 Å². The Morgan fingerprint density at radius 3 is 2.71 bits per heavy atom. The fraction of sp³-hybridized carbons (Fsp3) is 0.111. The Morgan fingerprint density at radius 2 is 2.21 bits per heavy atom. The summed E-state index contributed by atoms with van der Waals surface area (Å²) < 4.78 is 1.67. The molecule has 0 spiro atoms. The van der Waals surface area contributed by atoms with E-state index in [9.17, 15) is 0 Å². The van der Waals surface area contributed by atoms with Crippen molar-refractivity contribution in [3.8, 4) is 0 Å². The number of hydrogen-bond acceptors (Lipinski definition) is 2. The third kappa shape index (κ3) is 2.17. The predicted molar refractivity (Wildman–Crippen MR) is 69.0 cm³/mol. The Morgan fingerprint density at radius 1 is 1.43 bits per heavy atom. The Bertz CT molecular complexity index is 402. The van der Waals surface area contributed by atoms with Crippen molar-refractivity contribution >= 4 is 61.8 Å². The molecule has 0 fully saturated rings. The largest absolute Gasteiger partial charge is 0.152 e. The number of alkyl halides is 1. The summed E-state index contributed by atoms with van der Waals surface area (Å²) in [5.74, 6) is 0. The lowest BCUT2D eigenvalue weighted by Gasteiger charge is -2.02. The maximum Gasteiger partial charge on any atom is 0.107 e. The average Bonchev–Trinajstić information content (AvgIpc) is 2.76. The van der Waals surface area contributed by atoms with E-state index < -0.39 is 0 Å². The SMILES string of the molecule is Clc1sc(C(Cl)c2ccsc2)cc1Br. The number of rotatable bonds is 2. The van der Waals surface area contributed by atoms with Crippen molar-refractivity contribution in [1.29, 1.82) is 0 Å². The summed E-state index contributed by atoms with van der Waals surface area (Å²) in [5.41, 5.74) is 1.13. The summed E-state index contributed by atoms with van der Waals surface area (Å²) in [6.45, 7) is 0. The van der Waals surface area contributed by atoms with E-state index in [-0.39, 0.29) is 5.38 Å². The zero-order valence-corrected chi connectivity index (χ0v) is 11.6. The van der Waals surface area contributed by atoms with Gasteiger partial charge in [0.05, 0.1) is 5.38 Å². The minimum atomic E-state index is -0.0879. The molecule has 0 N–H and O–H groups in total. The van der Waals surface area contributed by atoms with Gasteiger partial charge in [-0.2, -0.15) is 11.3 Å². The molecule has 2 rings (SSSR count). The van der Waals surface area contributed by atoms with Crippen LogP contribution in [-0.2, 0) is 0 Å². The molecule has 2 heterocycles. The van der Waals surface area contributed by atoms with Crippen molar-refractivity contribution in [3.63, 3.8) is 0 Å². The van der Waals surface area contributed by atoms with Gasteiger partial charge < -0.3 is 0 Å². The molecule has 5 heteroatoms. The minimum absolute atomic E-state index is 0.0879. The van der Waals surface area contributed by atoms with Crippen molar-refractivity contribution in [2.24, 2.45) is 0 Å². The first-order valence-corrected chi connectivity index (χ1v) is 7.16. The first kappa shape index (κ1) is 11.0. The lowest BCUT2D eigenvalue weighted by atomic mass is 10.2. The molecule has 2 aromatic heterocycles. The molecule has 0 nitrogen and oxygen atoms in total. The third-order valence-electron chi connectivity index (χ3n) is 1.75. The van der Waals surface area contributed by atoms with E-state index in [0.717, 1.165) is 19.2 Å². The van der Waals surface area contributed by atoms with Crippen LogP contribution in [0.1, 0.15) is 15.8 Å². The highest BCUT2D eigenvalue weighted by Crippen LogP contribution is 2.40. The van der Waals surface area contributed by atoms with Crippen molar-refractivity contribution in [1.82, 2.24) is 0 Å². The van der Waals surface area contributed by atoms with Crippen LogP contribution in [-0.4, -0.2) is 0 Å². The van der Waals surface area contributed by atoms with E-state index in [4.69, 9.17) is 23.2 Å². The van der Waals surface area contributed by atoms with E-state index >= 15 is 0 Å². The topological polar surface area (TPSA) is 0 Å². The van der Waals surface area contributed by atoms with Crippen LogP contribution in [0, 0.1) is 0 Å². The summed E-state index contributed by atoms with van der Waals surface area (Å²) in [7, 11) is 0. The third-order valence-corrected chi connectivity index (χ3v) is 5.61. The first-order chi connectivity index (χ1) is 6.68. The molecule has 74 valence electrons. The lowest BCUT2D eigenvalue weighted by Crippen LogP contribution is -1.85. The second-order valence-corrected chi connectivity index (χ2v) is 6.45. The van der Waals surface area contributed by atoms with Crippen LogP contribution in [0.3, 0.4) is 0 Å². The fourth-order valence-corrected chi connectivity index (χ4v) is 3.91. The van der Waals surface area contributed by atoms with Gasteiger partial charge in [-0.05, 0) is 44.4 Å². The maximum atomic E-state index is 6.30. The molecular weight excluding hydrogens is 323 g/mol. The molecule has 1 unspecified atom stereocenters. The van der Waals surface area contributed by atoms with Crippen LogP contribution in [0.5, 0.6) is 0 Å². The summed E-state index contributed by atoms with van der Waals surface area (Å²) in [5, 5.41) is 3.99. The molecule has 0 radical (unpaired) electrons. The van der Waals surface area contributed by atoms with Gasteiger partial charge in [0.15, 0.2) is 0 Å². The summed E-state index contributed by atoms with van der Waals surface area (Å²) in [6.07, 6.45) is 0. The highest BCUT2D eigenvalue weighted by Gasteiger charge is 2.15. The average molecular weight is 328 g/mol. The van der Waals surface area contributed by atoms with E-state index in [2.05, 4.69) is 21.3 Å². The zero-order chi connectivity index (χ0) is 10.1. The normalized spacial score (nSPS) is 13.1. The van der Waals surface area contributed by atoms with Gasteiger partial charge in [-0.3, -0.25) is 0 Å². The molecule has 14 heavy (non-hydrogen) atoms. The summed E-state index contributed by atoms with van der Waals surface area (Å²) in [6, 6.07) is 4.01. The summed E-state index contributed by atoms with van der Waals surface area (Å²) in [4.78, 5) is 1.07. The Labute approximate surface area is 109 Å². The smallest absolute Gasteiger partial charge is 0.107 e. The molecule has 2 aromatic rings. The van der Waals surface area contributed by atoms with Crippen molar-refractivity contribution < 1.29 is 0 Å². The molecule has 0 aliphatic heterocycles. The van der Waals surface area contributed by atoms with Gasteiger partial charge in [-0.1, -0.05) is 11.6 Å². The van der Waals surface area contributed by atoms with Gasteiger partial charge in [0.1, 0.15) is 4.34 Å². The number of halogens is 3. The second-order valence-electron chi connectivity index (χ2n) is 2.69. The van der Waals surface area contributed by atoms with Crippen LogP contribution in [0.4, 0.5) is 0 Å². The van der Waals surface area contributed by atoms with Crippen LogP contribution >= 0.6 is 61.8 Å². The van der Waals surface area contributed by atoms with E-state index in [1.165, 1.54) is 11.3 Å². The highest BCUT2D eigenvalue weighted by atomic mass is 79.9. The molecule has 0 amide bonds. The monoisotopic (exact) mass is 326 g/mol. The molecule has 0 saturated carbocycles. The van der Waals surface area contributed by atoms with Gasteiger partial charge in [-0.15, -0.1) is 22.9 Å². The minimum Gasteiger partial charge on any atom is -0.152 e. The van der Waals surface area contributed by atoms with Gasteiger partial charge >= 0.3 is 0 Å². The van der Waals surface area contributed by atoms with Gasteiger partial charge in [0, 0.05) is 9.35 Å². The maximum absolute atomic E-state index is 6.30. The van der Waals surface area contributed by atoms with Gasteiger partial charge in [0.2, 0.25) is 0 Å². The number of hydrogen-bond donors (Lipinski definition) is 0. The Kier molecular flexibility index (Phi) is 3.55. The van der Waals surface area contributed by atoms with E-state index in [1.54, 1.807) is 11.3 Å². The van der Waals surface area contributed by atoms with Crippen LogP contribution in [0.2, 0.25) is 4.34 Å². The molecule has 1 atom stereocenters. The molecule has 0 bridgehead atoms. The Hall–Kier alpha value is 0.460. The van der Waals surface area contributed by atoms with Crippen LogP contribution in [0.15, 0.2) is 27.4 Å². The molecule has 0 saturated heterocycles. The second kappa shape index (κ2) is 4.54. The standard InChI is InChI=1S/C9H5BrCl2S2/c10-6-3-7(14-9(6)12)8(11)5-1-2-13-4-5/h1-4,8H. The quantitative estimate of drug-likeness (QED) is 0.634. The molecule has 0 aliphatic rings. The van der Waals surface area contributed by atoms with Gasteiger partial charge in [-0.25, -0.2) is 0 Å². The predicted octanol–water partition coefficient (Wildman–Crippen LogP) is 5.55. The molecule has 0 aromatic carbocycles. The zero-order valence-electron chi connectivity index (χ0n) is 6.84. The lowest BCUT2D eigenvalue weighted by molar-refractivity contribution is 1.20. The summed E-state index contributed by atoms with van der Waals surface area (Å²) >= 11 is 18.8. The van der Waals surface area contributed by atoms with E-state index in [1.807, 2.05) is 17.5 Å². The first-order valence-electron chi connectivity index (χ1n) is 3.79. The van der Waals surface area contributed by atoms with Crippen LogP contribution < -0.4 is 0 Å². The van der Waals surface area contributed by atoms with Crippen molar-refractivity contribution in [3.05, 3.63) is 42.1 Å².